The average molecular weight is 296 g/mol. The predicted molar refractivity (Wildman–Crippen MR) is 91.8 cm³/mol. The van der Waals surface area contributed by atoms with Crippen molar-refractivity contribution in [3.63, 3.8) is 0 Å². The highest BCUT2D eigenvalue weighted by molar-refractivity contribution is 4.90. The first kappa shape index (κ1) is 17.2. The van der Waals surface area contributed by atoms with Gasteiger partial charge in [-0.1, -0.05) is 33.6 Å². The van der Waals surface area contributed by atoms with Crippen LogP contribution in [-0.2, 0) is 0 Å². The summed E-state index contributed by atoms with van der Waals surface area (Å²) in [7, 11) is 2.35. The fourth-order valence-corrected chi connectivity index (χ4v) is 4.45. The van der Waals surface area contributed by atoms with Crippen LogP contribution in [0.2, 0.25) is 0 Å². The molecule has 1 atom stereocenters. The highest BCUT2D eigenvalue weighted by Gasteiger charge is 2.35. The molecule has 0 amide bonds. The first-order valence-corrected chi connectivity index (χ1v) is 9.21. The number of hydrogen-bond acceptors (Lipinski definition) is 3. The van der Waals surface area contributed by atoms with Crippen molar-refractivity contribution in [1.82, 2.24) is 15.1 Å². The molecular formula is C18H37N3. The lowest BCUT2D eigenvalue weighted by atomic mass is 9.85. The maximum Gasteiger partial charge on any atom is 0.0223 e. The Morgan fingerprint density at radius 3 is 2.57 bits per heavy atom. The van der Waals surface area contributed by atoms with E-state index in [1.54, 1.807) is 0 Å². The summed E-state index contributed by atoms with van der Waals surface area (Å²) in [5.74, 6) is 0. The minimum atomic E-state index is 0.536. The third kappa shape index (κ3) is 4.94. The van der Waals surface area contributed by atoms with Crippen LogP contribution in [0.3, 0.4) is 0 Å². The largest absolute Gasteiger partial charge is 0.314 e. The third-order valence-electron chi connectivity index (χ3n) is 5.58. The molecule has 1 saturated heterocycles. The fraction of sp³-hybridized carbons (Fsp3) is 1.00. The number of nitrogens with one attached hydrogen (secondary N) is 1. The van der Waals surface area contributed by atoms with Gasteiger partial charge in [0.05, 0.1) is 0 Å². The van der Waals surface area contributed by atoms with Gasteiger partial charge in [-0.25, -0.2) is 0 Å². The Morgan fingerprint density at radius 1 is 1.24 bits per heavy atom. The van der Waals surface area contributed by atoms with Crippen molar-refractivity contribution < 1.29 is 0 Å². The summed E-state index contributed by atoms with van der Waals surface area (Å²) >= 11 is 0. The molecule has 2 aliphatic rings. The Labute approximate surface area is 132 Å². The van der Waals surface area contributed by atoms with E-state index in [4.69, 9.17) is 0 Å². The van der Waals surface area contributed by atoms with Gasteiger partial charge in [0.15, 0.2) is 0 Å². The minimum absolute atomic E-state index is 0.536. The molecular weight excluding hydrogens is 258 g/mol. The third-order valence-corrected chi connectivity index (χ3v) is 5.58. The monoisotopic (exact) mass is 295 g/mol. The van der Waals surface area contributed by atoms with Crippen LogP contribution >= 0.6 is 0 Å². The molecule has 3 heteroatoms. The van der Waals surface area contributed by atoms with E-state index in [-0.39, 0.29) is 0 Å². The molecule has 0 aromatic rings. The molecule has 1 N–H and O–H groups in total. The molecule has 1 unspecified atom stereocenters. The van der Waals surface area contributed by atoms with Crippen LogP contribution in [0.1, 0.15) is 59.3 Å². The van der Waals surface area contributed by atoms with Gasteiger partial charge < -0.3 is 10.2 Å². The number of hydrogen-bond donors (Lipinski definition) is 1. The fourth-order valence-electron chi connectivity index (χ4n) is 4.45. The van der Waals surface area contributed by atoms with Crippen molar-refractivity contribution in [2.24, 2.45) is 5.41 Å². The molecule has 2 rings (SSSR count). The molecule has 1 heterocycles. The number of nitrogens with zero attached hydrogens (tertiary/aromatic N) is 2. The Morgan fingerprint density at radius 2 is 1.95 bits per heavy atom. The molecule has 0 spiro atoms. The molecule has 1 aliphatic heterocycles. The van der Waals surface area contributed by atoms with Gasteiger partial charge in [-0.05, 0) is 51.2 Å². The standard InChI is InChI=1S/C18H37N3/c1-5-21-12-8-9-17(21)13-20(4)15-18(10-6-7-11-18)14-19-16(2)3/h16-17,19H,5-15H2,1-4H3. The lowest BCUT2D eigenvalue weighted by molar-refractivity contribution is 0.135. The molecule has 21 heavy (non-hydrogen) atoms. The van der Waals surface area contributed by atoms with Gasteiger partial charge in [-0.3, -0.25) is 4.90 Å². The SMILES string of the molecule is CCN1CCCC1CN(C)CC1(CNC(C)C)CCCC1. The van der Waals surface area contributed by atoms with E-state index in [1.165, 1.54) is 71.2 Å². The van der Waals surface area contributed by atoms with Crippen molar-refractivity contribution in [2.45, 2.75) is 71.4 Å². The Kier molecular flexibility index (Phi) is 6.51. The van der Waals surface area contributed by atoms with Crippen LogP contribution in [0.4, 0.5) is 0 Å². The smallest absolute Gasteiger partial charge is 0.0223 e. The van der Waals surface area contributed by atoms with Crippen LogP contribution in [0.25, 0.3) is 0 Å². The molecule has 0 aromatic heterocycles. The first-order chi connectivity index (χ1) is 10.0. The Hall–Kier alpha value is -0.120. The van der Waals surface area contributed by atoms with Crippen LogP contribution in [0.5, 0.6) is 0 Å². The summed E-state index contributed by atoms with van der Waals surface area (Å²) in [5.41, 5.74) is 0.536. The lowest BCUT2D eigenvalue weighted by Crippen LogP contribution is -2.46. The van der Waals surface area contributed by atoms with Crippen LogP contribution < -0.4 is 5.32 Å². The van der Waals surface area contributed by atoms with E-state index in [0.29, 0.717) is 11.5 Å². The molecule has 1 saturated carbocycles. The topological polar surface area (TPSA) is 18.5 Å². The van der Waals surface area contributed by atoms with Crippen molar-refractivity contribution in [3.05, 3.63) is 0 Å². The van der Waals surface area contributed by atoms with Gasteiger partial charge in [-0.15, -0.1) is 0 Å². The zero-order chi connectivity index (χ0) is 15.3. The van der Waals surface area contributed by atoms with Gasteiger partial charge in [0.2, 0.25) is 0 Å². The van der Waals surface area contributed by atoms with Gasteiger partial charge in [0.25, 0.3) is 0 Å². The van der Waals surface area contributed by atoms with Crippen LogP contribution in [-0.4, -0.2) is 61.7 Å². The minimum Gasteiger partial charge on any atom is -0.314 e. The van der Waals surface area contributed by atoms with Crippen molar-refractivity contribution in [2.75, 3.05) is 39.8 Å². The lowest BCUT2D eigenvalue weighted by Gasteiger charge is -2.36. The van der Waals surface area contributed by atoms with Crippen LogP contribution in [0, 0.1) is 5.41 Å². The van der Waals surface area contributed by atoms with E-state index < -0.39 is 0 Å². The van der Waals surface area contributed by atoms with Crippen molar-refractivity contribution >= 4 is 0 Å². The van der Waals surface area contributed by atoms with E-state index in [2.05, 4.69) is 42.9 Å². The number of rotatable bonds is 8. The molecule has 124 valence electrons. The summed E-state index contributed by atoms with van der Waals surface area (Å²) in [5, 5.41) is 3.71. The second kappa shape index (κ2) is 7.94. The quantitative estimate of drug-likeness (QED) is 0.743. The zero-order valence-electron chi connectivity index (χ0n) is 14.8. The molecule has 0 radical (unpaired) electrons. The molecule has 0 aromatic carbocycles. The van der Waals surface area contributed by atoms with E-state index in [1.807, 2.05) is 0 Å². The second-order valence-electron chi connectivity index (χ2n) is 7.86. The van der Waals surface area contributed by atoms with E-state index in [9.17, 15) is 0 Å². The highest BCUT2D eigenvalue weighted by atomic mass is 15.2. The highest BCUT2D eigenvalue weighted by Crippen LogP contribution is 2.38. The summed E-state index contributed by atoms with van der Waals surface area (Å²) in [6.07, 6.45) is 8.48. The molecule has 3 nitrogen and oxygen atoms in total. The molecule has 0 bridgehead atoms. The Balaban J connectivity index is 1.84. The summed E-state index contributed by atoms with van der Waals surface area (Å²) in [6, 6.07) is 1.41. The normalized spacial score (nSPS) is 26.3. The van der Waals surface area contributed by atoms with Crippen molar-refractivity contribution in [3.8, 4) is 0 Å². The maximum absolute atomic E-state index is 3.71. The number of likely N-dealkylation sites (N-methyl/N-ethyl adjacent to an activating group) is 2. The van der Waals surface area contributed by atoms with Gasteiger partial charge in [-0.2, -0.15) is 0 Å². The average Bonchev–Trinajstić information content (AvgIpc) is 3.06. The maximum atomic E-state index is 3.71. The van der Waals surface area contributed by atoms with Crippen molar-refractivity contribution in [1.29, 1.82) is 0 Å². The van der Waals surface area contributed by atoms with Gasteiger partial charge in [0, 0.05) is 31.7 Å². The van der Waals surface area contributed by atoms with Gasteiger partial charge in [0.1, 0.15) is 0 Å². The van der Waals surface area contributed by atoms with E-state index >= 15 is 0 Å². The molecule has 1 aliphatic carbocycles. The zero-order valence-corrected chi connectivity index (χ0v) is 14.8. The van der Waals surface area contributed by atoms with E-state index in [0.717, 1.165) is 6.04 Å². The Bertz CT molecular complexity index is 297. The van der Waals surface area contributed by atoms with Gasteiger partial charge >= 0.3 is 0 Å². The summed E-state index contributed by atoms with van der Waals surface area (Å²) in [6.45, 7) is 13.1. The summed E-state index contributed by atoms with van der Waals surface area (Å²) in [4.78, 5) is 5.30. The summed E-state index contributed by atoms with van der Waals surface area (Å²) < 4.78 is 0. The second-order valence-corrected chi connectivity index (χ2v) is 7.86. The molecule has 2 fully saturated rings. The number of likely N-dealkylation sites (tertiary alicyclic amines) is 1. The first-order valence-electron chi connectivity index (χ1n) is 9.21. The van der Waals surface area contributed by atoms with Crippen LogP contribution in [0.15, 0.2) is 0 Å². The predicted octanol–water partition coefficient (Wildman–Crippen LogP) is 2.96.